The van der Waals surface area contributed by atoms with Crippen molar-refractivity contribution in [2.45, 2.75) is 12.8 Å². The Morgan fingerprint density at radius 3 is 2.65 bits per heavy atom. The fourth-order valence-electron chi connectivity index (χ4n) is 1.32. The molecule has 1 atom stereocenters. The van der Waals surface area contributed by atoms with Crippen LogP contribution in [0, 0.1) is 5.82 Å². The number of carbonyl (C=O) groups is 2. The van der Waals surface area contributed by atoms with Gasteiger partial charge in [-0.3, -0.25) is 9.59 Å². The minimum Gasteiger partial charge on any atom is -0.480 e. The number of esters is 1. The zero-order valence-corrected chi connectivity index (χ0v) is 9.70. The predicted octanol–water partition coefficient (Wildman–Crippen LogP) is 2.21. The summed E-state index contributed by atoms with van der Waals surface area (Å²) in [5.41, 5.74) is -0.264. The van der Waals surface area contributed by atoms with Gasteiger partial charge in [0.2, 0.25) is 0 Å². The summed E-state index contributed by atoms with van der Waals surface area (Å²) in [5.74, 6) is -4.99. The van der Waals surface area contributed by atoms with Crippen LogP contribution in [0.1, 0.15) is 18.4 Å². The summed E-state index contributed by atoms with van der Waals surface area (Å²) < 4.78 is 18.1. The van der Waals surface area contributed by atoms with Crippen LogP contribution in [0.4, 0.5) is 4.39 Å². The van der Waals surface area contributed by atoms with E-state index in [-0.39, 0.29) is 17.2 Å². The normalized spacial score (nSPS) is 11.9. The molecule has 1 rings (SSSR count). The Balaban J connectivity index is 3.14. The Labute approximate surface area is 102 Å². The number of halogens is 2. The number of rotatable bonds is 4. The van der Waals surface area contributed by atoms with Gasteiger partial charge in [0.05, 0.1) is 6.61 Å². The van der Waals surface area contributed by atoms with Gasteiger partial charge in [0.25, 0.3) is 0 Å². The fraction of sp³-hybridized carbons (Fsp3) is 0.273. The van der Waals surface area contributed by atoms with Gasteiger partial charge >= 0.3 is 11.9 Å². The first-order valence-corrected chi connectivity index (χ1v) is 5.19. The van der Waals surface area contributed by atoms with Gasteiger partial charge in [0.15, 0.2) is 5.92 Å². The molecule has 0 aliphatic carbocycles. The monoisotopic (exact) mass is 260 g/mol. The predicted molar refractivity (Wildman–Crippen MR) is 58.4 cm³/mol. The van der Waals surface area contributed by atoms with Crippen LogP contribution < -0.4 is 0 Å². The SMILES string of the molecule is CCOC(=O)C(C(=O)O)c1ccc(Cl)cc1F. The van der Waals surface area contributed by atoms with Crippen molar-refractivity contribution in [1.29, 1.82) is 0 Å². The molecular weight excluding hydrogens is 251 g/mol. The third-order valence-corrected chi connectivity index (χ3v) is 2.28. The van der Waals surface area contributed by atoms with E-state index in [9.17, 15) is 14.0 Å². The topological polar surface area (TPSA) is 63.6 Å². The molecule has 17 heavy (non-hydrogen) atoms. The highest BCUT2D eigenvalue weighted by Crippen LogP contribution is 2.24. The molecule has 0 spiro atoms. The van der Waals surface area contributed by atoms with E-state index >= 15 is 0 Å². The molecule has 1 unspecified atom stereocenters. The van der Waals surface area contributed by atoms with E-state index in [2.05, 4.69) is 4.74 Å². The first-order valence-electron chi connectivity index (χ1n) is 4.81. The van der Waals surface area contributed by atoms with E-state index in [1.165, 1.54) is 13.0 Å². The van der Waals surface area contributed by atoms with Gasteiger partial charge in [0.1, 0.15) is 5.82 Å². The van der Waals surface area contributed by atoms with Gasteiger partial charge < -0.3 is 9.84 Å². The Bertz CT molecular complexity index is 447. The molecule has 1 aromatic rings. The molecule has 0 aliphatic rings. The zero-order chi connectivity index (χ0) is 13.0. The summed E-state index contributed by atoms with van der Waals surface area (Å²) in [4.78, 5) is 22.4. The zero-order valence-electron chi connectivity index (χ0n) is 8.94. The second-order valence-corrected chi connectivity index (χ2v) is 3.63. The van der Waals surface area contributed by atoms with Crippen molar-refractivity contribution in [3.8, 4) is 0 Å². The van der Waals surface area contributed by atoms with Crippen LogP contribution in [0.15, 0.2) is 18.2 Å². The third kappa shape index (κ3) is 3.17. The van der Waals surface area contributed by atoms with E-state index in [1.807, 2.05) is 0 Å². The van der Waals surface area contributed by atoms with Crippen LogP contribution in [0.25, 0.3) is 0 Å². The average Bonchev–Trinajstić information content (AvgIpc) is 2.21. The maximum Gasteiger partial charge on any atom is 0.324 e. The number of aliphatic carboxylic acids is 1. The second kappa shape index (κ2) is 5.63. The summed E-state index contributed by atoms with van der Waals surface area (Å²) >= 11 is 5.54. The van der Waals surface area contributed by atoms with Crippen molar-refractivity contribution < 1.29 is 23.8 Å². The number of carboxylic acid groups (broad SMARTS) is 1. The molecular formula is C11H10ClFO4. The number of hydrogen-bond donors (Lipinski definition) is 1. The standard InChI is InChI=1S/C11H10ClFO4/c1-2-17-11(16)9(10(14)15)7-4-3-6(12)5-8(7)13/h3-5,9H,2H2,1H3,(H,14,15). The molecule has 0 fully saturated rings. The molecule has 0 amide bonds. The second-order valence-electron chi connectivity index (χ2n) is 3.19. The number of carboxylic acids is 1. The third-order valence-electron chi connectivity index (χ3n) is 2.04. The maximum absolute atomic E-state index is 13.5. The van der Waals surface area contributed by atoms with Crippen LogP contribution in [-0.2, 0) is 14.3 Å². The highest BCUT2D eigenvalue weighted by atomic mass is 35.5. The molecule has 0 heterocycles. The van der Waals surface area contributed by atoms with E-state index in [0.717, 1.165) is 12.1 Å². The van der Waals surface area contributed by atoms with Crippen LogP contribution in [0.2, 0.25) is 5.02 Å². The molecule has 0 aliphatic heterocycles. The van der Waals surface area contributed by atoms with Gasteiger partial charge in [-0.2, -0.15) is 0 Å². The Morgan fingerprint density at radius 2 is 2.18 bits per heavy atom. The molecule has 0 bridgehead atoms. The van der Waals surface area contributed by atoms with Crippen molar-refractivity contribution in [3.63, 3.8) is 0 Å². The number of benzene rings is 1. The van der Waals surface area contributed by atoms with Crippen molar-refractivity contribution >= 4 is 23.5 Å². The van der Waals surface area contributed by atoms with E-state index < -0.39 is 23.7 Å². The molecule has 6 heteroatoms. The van der Waals surface area contributed by atoms with Crippen LogP contribution in [-0.4, -0.2) is 23.7 Å². The number of ether oxygens (including phenoxy) is 1. The minimum atomic E-state index is -1.67. The van der Waals surface area contributed by atoms with Gasteiger partial charge in [-0.05, 0) is 19.1 Å². The molecule has 92 valence electrons. The Kier molecular flexibility index (Phi) is 4.45. The lowest BCUT2D eigenvalue weighted by molar-refractivity contribution is -0.153. The Hall–Kier alpha value is -1.62. The first kappa shape index (κ1) is 13.4. The fourth-order valence-corrected chi connectivity index (χ4v) is 1.48. The molecule has 0 saturated carbocycles. The largest absolute Gasteiger partial charge is 0.480 e. The quantitative estimate of drug-likeness (QED) is 0.666. The molecule has 1 N–H and O–H groups in total. The number of carbonyl (C=O) groups excluding carboxylic acids is 1. The lowest BCUT2D eigenvalue weighted by atomic mass is 9.99. The first-order chi connectivity index (χ1) is 7.97. The van der Waals surface area contributed by atoms with Crippen molar-refractivity contribution in [3.05, 3.63) is 34.6 Å². The van der Waals surface area contributed by atoms with E-state index in [4.69, 9.17) is 16.7 Å². The lowest BCUT2D eigenvalue weighted by Crippen LogP contribution is -2.24. The lowest BCUT2D eigenvalue weighted by Gasteiger charge is -2.12. The summed E-state index contributed by atoms with van der Waals surface area (Å²) in [7, 11) is 0. The van der Waals surface area contributed by atoms with Gasteiger partial charge in [0, 0.05) is 10.6 Å². The van der Waals surface area contributed by atoms with E-state index in [1.54, 1.807) is 0 Å². The van der Waals surface area contributed by atoms with Crippen molar-refractivity contribution in [2.75, 3.05) is 6.61 Å². The summed E-state index contributed by atoms with van der Waals surface area (Å²) in [5, 5.41) is 9.04. The highest BCUT2D eigenvalue weighted by molar-refractivity contribution is 6.30. The average molecular weight is 261 g/mol. The maximum atomic E-state index is 13.5. The summed E-state index contributed by atoms with van der Waals surface area (Å²) in [6, 6.07) is 3.43. The summed E-state index contributed by atoms with van der Waals surface area (Å²) in [6.07, 6.45) is 0. The molecule has 1 aromatic carbocycles. The van der Waals surface area contributed by atoms with Crippen LogP contribution in [0.5, 0.6) is 0 Å². The Morgan fingerprint density at radius 1 is 1.53 bits per heavy atom. The summed E-state index contributed by atoms with van der Waals surface area (Å²) in [6.45, 7) is 1.56. The van der Waals surface area contributed by atoms with Gasteiger partial charge in [-0.15, -0.1) is 0 Å². The van der Waals surface area contributed by atoms with Crippen LogP contribution in [0.3, 0.4) is 0 Å². The smallest absolute Gasteiger partial charge is 0.324 e. The van der Waals surface area contributed by atoms with Crippen molar-refractivity contribution in [1.82, 2.24) is 0 Å². The molecule has 0 saturated heterocycles. The highest BCUT2D eigenvalue weighted by Gasteiger charge is 2.32. The van der Waals surface area contributed by atoms with Crippen molar-refractivity contribution in [2.24, 2.45) is 0 Å². The van der Waals surface area contributed by atoms with Gasteiger partial charge in [-0.25, -0.2) is 4.39 Å². The number of hydrogen-bond acceptors (Lipinski definition) is 3. The molecule has 0 aromatic heterocycles. The minimum absolute atomic E-state index is 0.0256. The molecule has 4 nitrogen and oxygen atoms in total. The van der Waals surface area contributed by atoms with Gasteiger partial charge in [-0.1, -0.05) is 17.7 Å². The molecule has 0 radical (unpaired) electrons. The van der Waals surface area contributed by atoms with Crippen LogP contribution >= 0.6 is 11.6 Å². The van der Waals surface area contributed by atoms with E-state index in [0.29, 0.717) is 0 Å².